The number of benzene rings is 3. The number of aryl methyl sites for hydroxylation is 2. The number of hydrogen-bond acceptors (Lipinski definition) is 6. The molecule has 4 rings (SSSR count). The molecule has 1 fully saturated rings. The van der Waals surface area contributed by atoms with Gasteiger partial charge >= 0.3 is 5.97 Å². The van der Waals surface area contributed by atoms with Crippen molar-refractivity contribution in [3.8, 4) is 11.1 Å². The predicted molar refractivity (Wildman–Crippen MR) is 219 cm³/mol. The summed E-state index contributed by atoms with van der Waals surface area (Å²) in [5.41, 5.74) is 6.74. The van der Waals surface area contributed by atoms with Crippen LogP contribution in [0.25, 0.3) is 11.1 Å². The fourth-order valence-corrected chi connectivity index (χ4v) is 7.00. The van der Waals surface area contributed by atoms with Crippen LogP contribution in [0.1, 0.15) is 80.4 Å². The van der Waals surface area contributed by atoms with Crippen molar-refractivity contribution in [1.82, 2.24) is 10.2 Å². The molecule has 53 heavy (non-hydrogen) atoms. The molecule has 0 aliphatic carbocycles. The molecular formula is C44H62N2O6S. The van der Waals surface area contributed by atoms with Gasteiger partial charge < -0.3 is 15.2 Å². The Kier molecular flexibility index (Phi) is 19.5. The lowest BCUT2D eigenvalue weighted by atomic mass is 9.93. The van der Waals surface area contributed by atoms with E-state index in [0.29, 0.717) is 36.2 Å². The van der Waals surface area contributed by atoms with E-state index in [1.165, 1.54) is 24.0 Å². The molecule has 1 heterocycles. The number of aliphatic carboxylic acids is 1. The second-order valence-electron chi connectivity index (χ2n) is 14.5. The van der Waals surface area contributed by atoms with Crippen molar-refractivity contribution in [1.29, 1.82) is 0 Å². The summed E-state index contributed by atoms with van der Waals surface area (Å²) in [5, 5.41) is 12.1. The third-order valence-electron chi connectivity index (χ3n) is 9.34. The van der Waals surface area contributed by atoms with Crippen molar-refractivity contribution in [2.75, 3.05) is 32.3 Å². The van der Waals surface area contributed by atoms with Crippen molar-refractivity contribution in [2.45, 2.75) is 85.9 Å². The van der Waals surface area contributed by atoms with E-state index in [9.17, 15) is 23.1 Å². The number of allylic oxidation sites excluding steroid dienone is 3. The van der Waals surface area contributed by atoms with E-state index in [4.69, 9.17) is 4.74 Å². The van der Waals surface area contributed by atoms with Crippen LogP contribution in [0.4, 0.5) is 0 Å². The molecule has 1 saturated heterocycles. The van der Waals surface area contributed by atoms with Gasteiger partial charge in [0, 0.05) is 38.1 Å². The van der Waals surface area contributed by atoms with Crippen LogP contribution in [0.2, 0.25) is 0 Å². The Morgan fingerprint density at radius 2 is 1.72 bits per heavy atom. The number of hydrogen-bond donors (Lipinski definition) is 2. The minimum absolute atomic E-state index is 0.203. The summed E-state index contributed by atoms with van der Waals surface area (Å²) in [4.78, 5) is 27.4. The second kappa shape index (κ2) is 22.9. The molecule has 1 amide bonds. The van der Waals surface area contributed by atoms with Crippen LogP contribution < -0.4 is 5.32 Å². The molecule has 1 aliphatic heterocycles. The zero-order chi connectivity index (χ0) is 39.6. The van der Waals surface area contributed by atoms with Gasteiger partial charge in [-0.1, -0.05) is 118 Å². The van der Waals surface area contributed by atoms with E-state index in [1.807, 2.05) is 67.6 Å². The first-order valence-electron chi connectivity index (χ1n) is 18.5. The Balaban J connectivity index is 0.000000467. The van der Waals surface area contributed by atoms with Crippen LogP contribution in [0.15, 0.2) is 97.1 Å². The molecule has 0 bridgehead atoms. The van der Waals surface area contributed by atoms with Gasteiger partial charge in [-0.25, -0.2) is 13.2 Å². The fourth-order valence-electron chi connectivity index (χ4n) is 6.34. The summed E-state index contributed by atoms with van der Waals surface area (Å²) in [7, 11) is -1.65. The molecule has 8 nitrogen and oxygen atoms in total. The number of carboxylic acids is 1. The minimum Gasteiger partial charge on any atom is -0.480 e. The molecule has 2 N–H and O–H groups in total. The number of carbonyl (C=O) groups excluding carboxylic acids is 1. The molecule has 290 valence electrons. The van der Waals surface area contributed by atoms with Gasteiger partial charge in [0.05, 0.1) is 12.4 Å². The van der Waals surface area contributed by atoms with E-state index in [1.54, 1.807) is 13.2 Å². The van der Waals surface area contributed by atoms with Gasteiger partial charge in [-0.2, -0.15) is 0 Å². The van der Waals surface area contributed by atoms with Crippen molar-refractivity contribution >= 4 is 21.7 Å². The fraction of sp³-hybridized carbons (Fsp3) is 0.455. The molecule has 3 aromatic carbocycles. The van der Waals surface area contributed by atoms with Gasteiger partial charge in [-0.3, -0.25) is 9.69 Å². The number of amides is 1. The number of nitrogens with zero attached hydrogens (tertiary/aromatic N) is 1. The van der Waals surface area contributed by atoms with Crippen LogP contribution >= 0.6 is 0 Å². The van der Waals surface area contributed by atoms with Gasteiger partial charge in [-0.05, 0) is 86.3 Å². The third-order valence-corrected chi connectivity index (χ3v) is 10.3. The molecular weight excluding hydrogens is 685 g/mol. The molecule has 0 radical (unpaired) electrons. The van der Waals surface area contributed by atoms with Crippen LogP contribution in [-0.2, 0) is 25.9 Å². The topological polar surface area (TPSA) is 113 Å². The molecule has 0 spiro atoms. The third kappa shape index (κ3) is 16.7. The molecule has 0 aromatic heterocycles. The summed E-state index contributed by atoms with van der Waals surface area (Å²) in [6.45, 7) is 19.0. The average Bonchev–Trinajstić information content (AvgIpc) is 3.45. The van der Waals surface area contributed by atoms with E-state index >= 15 is 0 Å². The Morgan fingerprint density at radius 3 is 2.26 bits per heavy atom. The predicted octanol–water partition coefficient (Wildman–Crippen LogP) is 8.69. The van der Waals surface area contributed by atoms with Gasteiger partial charge in [0.2, 0.25) is 0 Å². The highest BCUT2D eigenvalue weighted by Gasteiger charge is 2.30. The Labute approximate surface area is 319 Å². The largest absolute Gasteiger partial charge is 0.480 e. The lowest BCUT2D eigenvalue weighted by Gasteiger charge is -2.24. The normalized spacial score (nSPS) is 17.0. The number of methoxy groups -OCH3 is 1. The van der Waals surface area contributed by atoms with Gasteiger partial charge in [0.25, 0.3) is 5.91 Å². The number of ether oxygens (including phenoxy) is 1. The van der Waals surface area contributed by atoms with Gasteiger partial charge in [0.15, 0.2) is 0 Å². The number of nitrogens with one attached hydrogen (secondary N) is 1. The van der Waals surface area contributed by atoms with Crippen LogP contribution in [0.5, 0.6) is 0 Å². The first-order valence-corrected chi connectivity index (χ1v) is 20.6. The molecule has 1 aliphatic rings. The van der Waals surface area contributed by atoms with E-state index in [-0.39, 0.29) is 12.2 Å². The van der Waals surface area contributed by atoms with Gasteiger partial charge in [0.1, 0.15) is 15.9 Å². The second-order valence-corrected chi connectivity index (χ2v) is 16.7. The van der Waals surface area contributed by atoms with Gasteiger partial charge in [-0.15, -0.1) is 0 Å². The number of carboxylic acid groups (broad SMARTS) is 1. The quantitative estimate of drug-likeness (QED) is 0.150. The van der Waals surface area contributed by atoms with E-state index in [2.05, 4.69) is 69.6 Å². The van der Waals surface area contributed by atoms with Crippen molar-refractivity contribution in [3.05, 3.63) is 119 Å². The Bertz CT molecular complexity index is 1740. The summed E-state index contributed by atoms with van der Waals surface area (Å²) < 4.78 is 28.5. The standard InChI is InChI=1S/C27H36N2O6S.C10H18.C7H8/c1-18-13-21(17-35-3)29(15-18)16-20-9-10-23(24(14-20)22-8-6-5-7-19(22)2)26(30)28-25(27(31)32)11-12-36(4,33)34;1-5-7-10(4)8-9(3)6-2;1-7-5-3-2-4-6-7/h5-10,14,18,21,25H,11-13,15-17H2,1-4H3,(H,28,30)(H,31,32);5,7,9H,1,6,8H2,2-4H3;2-6H,1H3/b;10-7+;/t18?,21-,25?;;/m0../s1. The lowest BCUT2D eigenvalue weighted by molar-refractivity contribution is -0.139. The number of carbonyl (C=O) groups is 2. The molecule has 3 aromatic rings. The number of rotatable bonds is 15. The summed E-state index contributed by atoms with van der Waals surface area (Å²) in [5.74, 6) is -0.756. The molecule has 0 saturated carbocycles. The molecule has 4 atom stereocenters. The maximum atomic E-state index is 13.3. The van der Waals surface area contributed by atoms with Crippen molar-refractivity contribution < 1.29 is 27.9 Å². The highest BCUT2D eigenvalue weighted by Crippen LogP contribution is 2.31. The maximum Gasteiger partial charge on any atom is 0.326 e. The summed E-state index contributed by atoms with van der Waals surface area (Å²) >= 11 is 0. The lowest BCUT2D eigenvalue weighted by Crippen LogP contribution is -2.42. The first kappa shape index (κ1) is 45.1. The Morgan fingerprint density at radius 1 is 1.06 bits per heavy atom. The highest BCUT2D eigenvalue weighted by molar-refractivity contribution is 7.90. The summed E-state index contributed by atoms with van der Waals surface area (Å²) in [6, 6.07) is 22.6. The number of sulfone groups is 1. The van der Waals surface area contributed by atoms with E-state index < -0.39 is 27.8 Å². The smallest absolute Gasteiger partial charge is 0.326 e. The first-order chi connectivity index (χ1) is 25.1. The van der Waals surface area contributed by atoms with Crippen LogP contribution in [0, 0.1) is 25.7 Å². The SMILES string of the molecule is C=C/C=C(\C)CC(C)CC.COC[C@@H]1CC(C)CN1Cc1ccc(C(=O)NC(CCS(C)(=O)=O)C(=O)O)c(-c2ccccc2C)c1.Cc1ccccc1. The maximum absolute atomic E-state index is 13.3. The zero-order valence-corrected chi connectivity index (χ0v) is 33.9. The highest BCUT2D eigenvalue weighted by atomic mass is 32.2. The molecule has 3 unspecified atom stereocenters. The molecule has 9 heteroatoms. The van der Waals surface area contributed by atoms with Crippen LogP contribution in [-0.4, -0.2) is 74.7 Å². The van der Waals surface area contributed by atoms with Crippen LogP contribution in [0.3, 0.4) is 0 Å². The zero-order valence-electron chi connectivity index (χ0n) is 33.1. The Hall–Kier alpha value is -4.05. The van der Waals surface area contributed by atoms with Crippen molar-refractivity contribution in [3.63, 3.8) is 0 Å². The average molecular weight is 747 g/mol. The summed E-state index contributed by atoms with van der Waals surface area (Å²) in [6.07, 6.45) is 8.34. The monoisotopic (exact) mass is 746 g/mol. The van der Waals surface area contributed by atoms with E-state index in [0.717, 1.165) is 41.8 Å². The number of likely N-dealkylation sites (tertiary alicyclic amines) is 1. The van der Waals surface area contributed by atoms with Crippen molar-refractivity contribution in [2.24, 2.45) is 11.8 Å². The minimum atomic E-state index is -3.37.